The lowest BCUT2D eigenvalue weighted by Gasteiger charge is -2.27. The summed E-state index contributed by atoms with van der Waals surface area (Å²) in [6.07, 6.45) is 12.8. The van der Waals surface area contributed by atoms with Gasteiger partial charge in [0.25, 0.3) is 0 Å². The summed E-state index contributed by atoms with van der Waals surface area (Å²) in [5.41, 5.74) is 0.588. The third-order valence-corrected chi connectivity index (χ3v) is 5.06. The van der Waals surface area contributed by atoms with E-state index in [1.807, 2.05) is 0 Å². The normalized spacial score (nSPS) is 53.4. The molecule has 3 aliphatic carbocycles. The molecule has 3 rings (SSSR count). The quantitative estimate of drug-likeness (QED) is 0.533. The van der Waals surface area contributed by atoms with Crippen molar-refractivity contribution in [3.05, 3.63) is 12.7 Å². The summed E-state index contributed by atoms with van der Waals surface area (Å²) < 4.78 is 0. The molecule has 3 unspecified atom stereocenters. The Morgan fingerprint density at radius 3 is 2.85 bits per heavy atom. The number of fused-ring (bicyclic) bond motifs is 5. The number of hydrogen-bond acceptors (Lipinski definition) is 0. The molecule has 0 spiro atoms. The minimum Gasteiger partial charge on any atom is -0.103 e. The zero-order valence-electron chi connectivity index (χ0n) is 8.47. The Morgan fingerprint density at radius 2 is 2.00 bits per heavy atom. The molecular weight excluding hydrogens is 156 g/mol. The third-order valence-electron chi connectivity index (χ3n) is 5.06. The Bertz CT molecular complexity index is 230. The van der Waals surface area contributed by atoms with Crippen molar-refractivity contribution in [1.29, 1.82) is 0 Å². The predicted molar refractivity (Wildman–Crippen MR) is 55.4 cm³/mol. The van der Waals surface area contributed by atoms with Gasteiger partial charge in [-0.3, -0.25) is 0 Å². The number of allylic oxidation sites excluding steroid dienone is 1. The topological polar surface area (TPSA) is 0 Å². The van der Waals surface area contributed by atoms with Gasteiger partial charge in [-0.1, -0.05) is 12.5 Å². The molecule has 0 saturated heterocycles. The van der Waals surface area contributed by atoms with Gasteiger partial charge in [-0.15, -0.1) is 6.58 Å². The highest BCUT2D eigenvalue weighted by atomic mass is 14.5. The van der Waals surface area contributed by atoms with Crippen LogP contribution in [-0.2, 0) is 0 Å². The van der Waals surface area contributed by atoms with E-state index in [0.717, 1.165) is 17.8 Å². The van der Waals surface area contributed by atoms with Crippen molar-refractivity contribution in [2.45, 2.75) is 44.9 Å². The van der Waals surface area contributed by atoms with Gasteiger partial charge in [-0.25, -0.2) is 0 Å². The zero-order chi connectivity index (χ0) is 8.89. The van der Waals surface area contributed by atoms with Crippen molar-refractivity contribution in [1.82, 2.24) is 0 Å². The van der Waals surface area contributed by atoms with Crippen LogP contribution < -0.4 is 0 Å². The average molecular weight is 176 g/mol. The molecule has 0 radical (unpaired) electrons. The van der Waals surface area contributed by atoms with Crippen molar-refractivity contribution in [2.24, 2.45) is 23.2 Å². The maximum atomic E-state index is 4.08. The summed E-state index contributed by atoms with van der Waals surface area (Å²) in [6, 6.07) is 0. The molecule has 4 atom stereocenters. The molecule has 0 heterocycles. The first-order valence-electron chi connectivity index (χ1n) is 5.95. The van der Waals surface area contributed by atoms with Crippen LogP contribution in [0, 0.1) is 23.2 Å². The van der Waals surface area contributed by atoms with Gasteiger partial charge in [0.05, 0.1) is 0 Å². The van der Waals surface area contributed by atoms with E-state index in [0.29, 0.717) is 5.41 Å². The SMILES string of the molecule is C=CC12CCC(C1)[C@@H]1CCC(C1)C2. The summed E-state index contributed by atoms with van der Waals surface area (Å²) >= 11 is 0. The molecule has 13 heavy (non-hydrogen) atoms. The highest BCUT2D eigenvalue weighted by Crippen LogP contribution is 2.58. The van der Waals surface area contributed by atoms with Crippen molar-refractivity contribution in [2.75, 3.05) is 0 Å². The van der Waals surface area contributed by atoms with Crippen LogP contribution in [0.25, 0.3) is 0 Å². The summed E-state index contributed by atoms with van der Waals surface area (Å²) in [6.45, 7) is 4.08. The first-order chi connectivity index (χ1) is 6.31. The highest BCUT2D eigenvalue weighted by Gasteiger charge is 2.47. The van der Waals surface area contributed by atoms with Gasteiger partial charge in [0.15, 0.2) is 0 Å². The van der Waals surface area contributed by atoms with E-state index in [2.05, 4.69) is 12.7 Å². The molecule has 0 aromatic carbocycles. The van der Waals surface area contributed by atoms with E-state index in [-0.39, 0.29) is 0 Å². The smallest absolute Gasteiger partial charge is 0.0115 e. The van der Waals surface area contributed by atoms with E-state index in [4.69, 9.17) is 0 Å². The molecule has 72 valence electrons. The van der Waals surface area contributed by atoms with Gasteiger partial charge in [-0.05, 0) is 61.7 Å². The van der Waals surface area contributed by atoms with Gasteiger partial charge in [0.2, 0.25) is 0 Å². The molecule has 0 amide bonds. The summed E-state index contributed by atoms with van der Waals surface area (Å²) in [7, 11) is 0. The summed E-state index contributed by atoms with van der Waals surface area (Å²) in [5, 5.41) is 0. The molecule has 0 N–H and O–H groups in total. The molecule has 0 aromatic heterocycles. The van der Waals surface area contributed by atoms with E-state index in [9.17, 15) is 0 Å². The maximum Gasteiger partial charge on any atom is -0.0115 e. The first kappa shape index (κ1) is 8.08. The van der Waals surface area contributed by atoms with Gasteiger partial charge >= 0.3 is 0 Å². The Kier molecular flexibility index (Phi) is 1.63. The number of rotatable bonds is 1. The predicted octanol–water partition coefficient (Wildman–Crippen LogP) is 3.78. The van der Waals surface area contributed by atoms with Gasteiger partial charge in [0.1, 0.15) is 0 Å². The Balaban J connectivity index is 1.92. The van der Waals surface area contributed by atoms with Crippen molar-refractivity contribution < 1.29 is 0 Å². The van der Waals surface area contributed by atoms with Crippen molar-refractivity contribution >= 4 is 0 Å². The minimum atomic E-state index is 0.588. The average Bonchev–Trinajstić information content (AvgIpc) is 2.67. The lowest BCUT2D eigenvalue weighted by atomic mass is 9.77. The molecule has 0 heteroatoms. The standard InChI is InChI=1S/C13H20/c1-2-13-6-5-12(9-13)11-4-3-10(7-11)8-13/h2,10-12H,1,3-9H2/t10?,11-,12?,13?/m1/s1. The fourth-order valence-corrected chi connectivity index (χ4v) is 4.36. The van der Waals surface area contributed by atoms with Crippen LogP contribution in [0.3, 0.4) is 0 Å². The Labute approximate surface area is 81.4 Å². The first-order valence-corrected chi connectivity index (χ1v) is 5.95. The van der Waals surface area contributed by atoms with Crippen LogP contribution in [-0.4, -0.2) is 0 Å². The van der Waals surface area contributed by atoms with E-state index >= 15 is 0 Å². The summed E-state index contributed by atoms with van der Waals surface area (Å²) in [4.78, 5) is 0. The second-order valence-corrected chi connectivity index (χ2v) is 5.71. The number of hydrogen-bond donors (Lipinski definition) is 0. The fraction of sp³-hybridized carbons (Fsp3) is 0.846. The van der Waals surface area contributed by atoms with Gasteiger partial charge < -0.3 is 0 Å². The molecule has 0 nitrogen and oxygen atoms in total. The largest absolute Gasteiger partial charge is 0.103 e. The van der Waals surface area contributed by atoms with Crippen LogP contribution in [0.15, 0.2) is 12.7 Å². The molecule has 4 bridgehead atoms. The van der Waals surface area contributed by atoms with E-state index in [1.54, 1.807) is 12.8 Å². The van der Waals surface area contributed by atoms with Crippen molar-refractivity contribution in [3.63, 3.8) is 0 Å². The maximum absolute atomic E-state index is 4.08. The van der Waals surface area contributed by atoms with Crippen LogP contribution in [0.4, 0.5) is 0 Å². The van der Waals surface area contributed by atoms with E-state index in [1.165, 1.54) is 32.1 Å². The Morgan fingerprint density at radius 1 is 1.08 bits per heavy atom. The molecule has 0 aliphatic heterocycles. The van der Waals surface area contributed by atoms with Crippen LogP contribution in [0.5, 0.6) is 0 Å². The minimum absolute atomic E-state index is 0.588. The van der Waals surface area contributed by atoms with Crippen LogP contribution in [0.2, 0.25) is 0 Å². The summed E-state index contributed by atoms with van der Waals surface area (Å²) in [5.74, 6) is 3.24. The highest BCUT2D eigenvalue weighted by molar-refractivity contribution is 5.06. The molecule has 3 fully saturated rings. The fourth-order valence-electron chi connectivity index (χ4n) is 4.36. The Hall–Kier alpha value is -0.260. The van der Waals surface area contributed by atoms with Gasteiger partial charge in [-0.2, -0.15) is 0 Å². The van der Waals surface area contributed by atoms with E-state index < -0.39 is 0 Å². The van der Waals surface area contributed by atoms with Crippen LogP contribution >= 0.6 is 0 Å². The monoisotopic (exact) mass is 176 g/mol. The lowest BCUT2D eigenvalue weighted by Crippen LogP contribution is -2.16. The van der Waals surface area contributed by atoms with Crippen molar-refractivity contribution in [3.8, 4) is 0 Å². The third kappa shape index (κ3) is 1.11. The molecule has 0 aromatic rings. The molecular formula is C13H20. The van der Waals surface area contributed by atoms with Crippen LogP contribution in [0.1, 0.15) is 44.9 Å². The molecule has 3 aliphatic rings. The second kappa shape index (κ2) is 2.62. The molecule has 3 saturated carbocycles. The second-order valence-electron chi connectivity index (χ2n) is 5.71. The van der Waals surface area contributed by atoms with Gasteiger partial charge in [0, 0.05) is 0 Å². The zero-order valence-corrected chi connectivity index (χ0v) is 8.47. The lowest BCUT2D eigenvalue weighted by molar-refractivity contribution is 0.290.